The topological polar surface area (TPSA) is 63.2 Å². The first kappa shape index (κ1) is 14.1. The third-order valence-electron chi connectivity index (χ3n) is 3.33. The van der Waals surface area contributed by atoms with Crippen molar-refractivity contribution in [3.8, 4) is 0 Å². The maximum Gasteiger partial charge on any atom is 0.156 e. The number of benzene rings is 1. The third kappa shape index (κ3) is 3.56. The molecule has 1 aliphatic rings. The monoisotopic (exact) mass is 281 g/mol. The van der Waals surface area contributed by atoms with Crippen molar-refractivity contribution in [2.45, 2.75) is 32.2 Å². The Morgan fingerprint density at radius 3 is 2.74 bits per heavy atom. The number of anilines is 1. The molecule has 0 amide bonds. The van der Waals surface area contributed by atoms with Crippen LogP contribution in [0, 0.1) is 0 Å². The van der Waals surface area contributed by atoms with Crippen molar-refractivity contribution in [2.75, 3.05) is 16.8 Å². The van der Waals surface area contributed by atoms with E-state index in [9.17, 15) is 13.2 Å². The van der Waals surface area contributed by atoms with Gasteiger partial charge in [0.1, 0.15) is 0 Å². The summed E-state index contributed by atoms with van der Waals surface area (Å²) < 4.78 is 23.2. The normalized spacial score (nSPS) is 17.8. The Balaban J connectivity index is 1.90. The second-order valence-corrected chi connectivity index (χ2v) is 7.23. The molecular weight excluding hydrogens is 262 g/mol. The molecule has 1 aromatic rings. The predicted octanol–water partition coefficient (Wildman–Crippen LogP) is 1.81. The first-order valence-corrected chi connectivity index (χ1v) is 8.41. The number of hydrogen-bond donors (Lipinski definition) is 1. The van der Waals surface area contributed by atoms with Crippen LogP contribution in [0.3, 0.4) is 0 Å². The summed E-state index contributed by atoms with van der Waals surface area (Å²) in [7, 11) is -3.07. The van der Waals surface area contributed by atoms with E-state index in [1.807, 2.05) is 31.2 Å². The fraction of sp³-hybridized carbons (Fsp3) is 0.500. The minimum Gasteiger partial charge on any atom is -0.375 e. The van der Waals surface area contributed by atoms with E-state index in [1.54, 1.807) is 0 Å². The molecule has 4 nitrogen and oxygen atoms in total. The largest absolute Gasteiger partial charge is 0.375 e. The average Bonchev–Trinajstić information content (AvgIpc) is 2.79. The van der Waals surface area contributed by atoms with Crippen molar-refractivity contribution >= 4 is 21.3 Å². The van der Waals surface area contributed by atoms with Gasteiger partial charge in [0.15, 0.2) is 15.6 Å². The number of ketones is 1. The summed E-state index contributed by atoms with van der Waals surface area (Å²) in [5.74, 6) is 0.114. The van der Waals surface area contributed by atoms with Gasteiger partial charge >= 0.3 is 0 Å². The van der Waals surface area contributed by atoms with Gasteiger partial charge in [0.05, 0.1) is 11.8 Å². The van der Waals surface area contributed by atoms with Gasteiger partial charge in [-0.25, -0.2) is 8.42 Å². The Kier molecular flexibility index (Phi) is 4.24. The van der Waals surface area contributed by atoms with Gasteiger partial charge in [-0.2, -0.15) is 0 Å². The van der Waals surface area contributed by atoms with Gasteiger partial charge in [-0.1, -0.05) is 25.1 Å². The van der Waals surface area contributed by atoms with Crippen molar-refractivity contribution in [3.05, 3.63) is 29.8 Å². The van der Waals surface area contributed by atoms with Crippen LogP contribution in [0.2, 0.25) is 0 Å². The summed E-state index contributed by atoms with van der Waals surface area (Å²) in [6, 6.07) is 7.53. The van der Waals surface area contributed by atoms with Crippen LogP contribution in [0.1, 0.15) is 25.3 Å². The standard InChI is InChI=1S/C14H19NO3S/c1-2-8-19(17,18)9-7-14(16)13-10-11-5-3-4-6-12(11)15-13/h3-6,13,15H,2,7-10H2,1H3. The van der Waals surface area contributed by atoms with Gasteiger partial charge < -0.3 is 5.32 Å². The summed E-state index contributed by atoms with van der Waals surface area (Å²) in [6.45, 7) is 1.83. The molecule has 104 valence electrons. The zero-order chi connectivity index (χ0) is 13.9. The second kappa shape index (κ2) is 5.74. The molecule has 0 radical (unpaired) electrons. The number of carbonyl (C=O) groups is 1. The second-order valence-electron chi connectivity index (χ2n) is 4.93. The lowest BCUT2D eigenvalue weighted by Crippen LogP contribution is -2.29. The van der Waals surface area contributed by atoms with E-state index in [4.69, 9.17) is 0 Å². The highest BCUT2D eigenvalue weighted by atomic mass is 32.2. The number of fused-ring (bicyclic) bond motifs is 1. The Bertz CT molecular complexity index is 541. The molecule has 0 bridgehead atoms. The molecule has 2 rings (SSSR count). The molecule has 1 heterocycles. The SMILES string of the molecule is CCCS(=O)(=O)CCC(=O)C1Cc2ccccc2N1. The molecule has 0 saturated carbocycles. The van der Waals surface area contributed by atoms with Gasteiger partial charge in [0.25, 0.3) is 0 Å². The third-order valence-corrected chi connectivity index (χ3v) is 5.19. The zero-order valence-electron chi connectivity index (χ0n) is 11.1. The number of hydrogen-bond acceptors (Lipinski definition) is 4. The van der Waals surface area contributed by atoms with Crippen LogP contribution in [0.5, 0.6) is 0 Å². The van der Waals surface area contributed by atoms with Gasteiger partial charge in [-0.3, -0.25) is 4.79 Å². The zero-order valence-corrected chi connectivity index (χ0v) is 11.9. The Hall–Kier alpha value is -1.36. The van der Waals surface area contributed by atoms with Crippen molar-refractivity contribution in [1.29, 1.82) is 0 Å². The van der Waals surface area contributed by atoms with E-state index in [2.05, 4.69) is 5.32 Å². The van der Waals surface area contributed by atoms with Crippen LogP contribution in [0.15, 0.2) is 24.3 Å². The van der Waals surface area contributed by atoms with Crippen molar-refractivity contribution in [2.24, 2.45) is 0 Å². The van der Waals surface area contributed by atoms with Gasteiger partial charge in [-0.15, -0.1) is 0 Å². The molecule has 0 fully saturated rings. The van der Waals surface area contributed by atoms with Crippen LogP contribution in [-0.2, 0) is 21.1 Å². The first-order chi connectivity index (χ1) is 9.02. The Morgan fingerprint density at radius 2 is 2.05 bits per heavy atom. The van der Waals surface area contributed by atoms with E-state index in [0.717, 1.165) is 11.3 Å². The molecular formula is C14H19NO3S. The lowest BCUT2D eigenvalue weighted by molar-refractivity contribution is -0.119. The predicted molar refractivity (Wildman–Crippen MR) is 76.1 cm³/mol. The van der Waals surface area contributed by atoms with Crippen LogP contribution < -0.4 is 5.32 Å². The number of rotatable bonds is 6. The molecule has 0 aromatic heterocycles. The van der Waals surface area contributed by atoms with Gasteiger partial charge in [0, 0.05) is 24.3 Å². The molecule has 1 aliphatic heterocycles. The quantitative estimate of drug-likeness (QED) is 0.863. The molecule has 5 heteroatoms. The highest BCUT2D eigenvalue weighted by Gasteiger charge is 2.26. The molecule has 0 saturated heterocycles. The number of Topliss-reactive ketones (excluding diaryl/α,β-unsaturated/α-hetero) is 1. The molecule has 1 N–H and O–H groups in total. The molecule has 1 unspecified atom stereocenters. The van der Waals surface area contributed by atoms with Gasteiger partial charge in [0.2, 0.25) is 0 Å². The fourth-order valence-corrected chi connectivity index (χ4v) is 3.67. The summed E-state index contributed by atoms with van der Waals surface area (Å²) in [5, 5.41) is 3.16. The van der Waals surface area contributed by atoms with E-state index in [0.29, 0.717) is 12.8 Å². The number of para-hydroxylation sites is 1. The highest BCUT2D eigenvalue weighted by molar-refractivity contribution is 7.91. The minimum absolute atomic E-state index is 0.0177. The number of nitrogens with one attached hydrogen (secondary N) is 1. The first-order valence-electron chi connectivity index (χ1n) is 6.59. The fourth-order valence-electron chi connectivity index (χ4n) is 2.34. The lowest BCUT2D eigenvalue weighted by atomic mass is 10.1. The molecule has 19 heavy (non-hydrogen) atoms. The van der Waals surface area contributed by atoms with E-state index < -0.39 is 9.84 Å². The number of carbonyl (C=O) groups excluding carboxylic acids is 1. The van der Waals surface area contributed by atoms with Crippen molar-refractivity contribution < 1.29 is 13.2 Å². The molecule has 1 atom stereocenters. The Morgan fingerprint density at radius 1 is 1.32 bits per heavy atom. The van der Waals surface area contributed by atoms with Gasteiger partial charge in [-0.05, 0) is 18.1 Å². The highest BCUT2D eigenvalue weighted by Crippen LogP contribution is 2.25. The van der Waals surface area contributed by atoms with Crippen LogP contribution in [0.25, 0.3) is 0 Å². The van der Waals surface area contributed by atoms with Crippen molar-refractivity contribution in [3.63, 3.8) is 0 Å². The van der Waals surface area contributed by atoms with E-state index >= 15 is 0 Å². The summed E-state index contributed by atoms with van der Waals surface area (Å²) in [4.78, 5) is 12.0. The average molecular weight is 281 g/mol. The summed E-state index contributed by atoms with van der Waals surface area (Å²) in [5.41, 5.74) is 2.11. The molecule has 0 spiro atoms. The van der Waals surface area contributed by atoms with Crippen LogP contribution in [0.4, 0.5) is 5.69 Å². The smallest absolute Gasteiger partial charge is 0.156 e. The maximum absolute atomic E-state index is 12.0. The van der Waals surface area contributed by atoms with Crippen LogP contribution >= 0.6 is 0 Å². The maximum atomic E-state index is 12.0. The van der Waals surface area contributed by atoms with E-state index in [-0.39, 0.29) is 29.8 Å². The minimum atomic E-state index is -3.07. The summed E-state index contributed by atoms with van der Waals surface area (Å²) >= 11 is 0. The van der Waals surface area contributed by atoms with Crippen LogP contribution in [-0.4, -0.2) is 31.7 Å². The number of sulfone groups is 1. The Labute approximate surface area is 114 Å². The van der Waals surface area contributed by atoms with Crippen molar-refractivity contribution in [1.82, 2.24) is 0 Å². The lowest BCUT2D eigenvalue weighted by Gasteiger charge is -2.10. The molecule has 1 aromatic carbocycles. The molecule has 0 aliphatic carbocycles. The van der Waals surface area contributed by atoms with E-state index in [1.165, 1.54) is 0 Å². The summed E-state index contributed by atoms with van der Waals surface area (Å²) in [6.07, 6.45) is 1.36.